The largest absolute Gasteiger partial charge is 0.310 e. The molecule has 0 unspecified atom stereocenters. The Labute approximate surface area is 78.2 Å². The molecule has 13 heavy (non-hydrogen) atoms. The summed E-state index contributed by atoms with van der Waals surface area (Å²) in [6.07, 6.45) is 2.44. The highest BCUT2D eigenvalue weighted by atomic mass is 16.1. The summed E-state index contributed by atoms with van der Waals surface area (Å²) in [6, 6.07) is 0. The van der Waals surface area contributed by atoms with Crippen molar-refractivity contribution in [1.29, 1.82) is 0 Å². The third kappa shape index (κ3) is 2.17. The molecule has 0 bridgehead atoms. The van der Waals surface area contributed by atoms with E-state index in [2.05, 4.69) is 9.97 Å². The Morgan fingerprint density at radius 2 is 2.08 bits per heavy atom. The zero-order chi connectivity index (χ0) is 10.1. The van der Waals surface area contributed by atoms with Gasteiger partial charge in [-0.05, 0) is 5.41 Å². The molecule has 0 saturated carbocycles. The van der Waals surface area contributed by atoms with Gasteiger partial charge < -0.3 is 4.98 Å². The van der Waals surface area contributed by atoms with Gasteiger partial charge in [-0.25, -0.2) is 4.98 Å². The molecule has 1 aromatic rings. The van der Waals surface area contributed by atoms with Crippen LogP contribution in [-0.2, 0) is 11.8 Å². The van der Waals surface area contributed by atoms with E-state index in [9.17, 15) is 4.79 Å². The van der Waals surface area contributed by atoms with Crippen LogP contribution in [0.15, 0.2) is 11.0 Å². The molecule has 0 amide bonds. The van der Waals surface area contributed by atoms with E-state index in [0.29, 0.717) is 0 Å². The topological polar surface area (TPSA) is 45.8 Å². The Kier molecular flexibility index (Phi) is 2.55. The fraction of sp³-hybridized carbons (Fsp3) is 0.600. The summed E-state index contributed by atoms with van der Waals surface area (Å²) < 4.78 is 0. The Morgan fingerprint density at radius 1 is 1.46 bits per heavy atom. The highest BCUT2D eigenvalue weighted by Crippen LogP contribution is 2.16. The van der Waals surface area contributed by atoms with Crippen molar-refractivity contribution in [2.45, 2.75) is 39.5 Å². The summed E-state index contributed by atoms with van der Waals surface area (Å²) in [5, 5.41) is 0. The summed E-state index contributed by atoms with van der Waals surface area (Å²) >= 11 is 0. The molecule has 0 aliphatic heterocycles. The number of H-pyrrole nitrogens is 1. The van der Waals surface area contributed by atoms with Crippen LogP contribution in [0.1, 0.15) is 39.1 Å². The number of aromatic nitrogens is 2. The fourth-order valence-corrected chi connectivity index (χ4v) is 1.15. The van der Waals surface area contributed by atoms with Crippen LogP contribution in [0.5, 0.6) is 0 Å². The van der Waals surface area contributed by atoms with E-state index in [1.807, 2.05) is 27.7 Å². The van der Waals surface area contributed by atoms with Gasteiger partial charge in [-0.15, -0.1) is 0 Å². The van der Waals surface area contributed by atoms with Gasteiger partial charge >= 0.3 is 0 Å². The molecule has 0 aliphatic carbocycles. The Bertz CT molecular complexity index is 347. The predicted octanol–water partition coefficient (Wildman–Crippen LogP) is 1.63. The maximum atomic E-state index is 11.6. The number of hydrogen-bond donors (Lipinski definition) is 1. The summed E-state index contributed by atoms with van der Waals surface area (Å²) in [7, 11) is 0. The number of hydrogen-bond acceptors (Lipinski definition) is 2. The molecule has 0 aromatic carbocycles. The van der Waals surface area contributed by atoms with Crippen molar-refractivity contribution in [3.8, 4) is 0 Å². The third-order valence-corrected chi connectivity index (χ3v) is 1.99. The highest BCUT2D eigenvalue weighted by molar-refractivity contribution is 5.15. The van der Waals surface area contributed by atoms with Gasteiger partial charge in [-0.1, -0.05) is 27.7 Å². The minimum absolute atomic E-state index is 0.0145. The molecule has 0 fully saturated rings. The number of nitrogens with zero attached hydrogens (tertiary/aromatic N) is 1. The van der Waals surface area contributed by atoms with Gasteiger partial charge in [-0.3, -0.25) is 4.79 Å². The van der Waals surface area contributed by atoms with Crippen LogP contribution in [0.25, 0.3) is 0 Å². The predicted molar refractivity (Wildman–Crippen MR) is 52.9 cm³/mol. The lowest BCUT2D eigenvalue weighted by Crippen LogP contribution is -2.25. The van der Waals surface area contributed by atoms with Crippen LogP contribution in [0.3, 0.4) is 0 Å². The maximum absolute atomic E-state index is 11.6. The normalized spacial score (nSPS) is 11.7. The van der Waals surface area contributed by atoms with Crippen molar-refractivity contribution in [3.63, 3.8) is 0 Å². The van der Waals surface area contributed by atoms with E-state index in [1.54, 1.807) is 6.20 Å². The average Bonchev–Trinajstić information content (AvgIpc) is 2.01. The first-order valence-corrected chi connectivity index (χ1v) is 4.54. The molecule has 3 nitrogen and oxygen atoms in total. The van der Waals surface area contributed by atoms with Crippen molar-refractivity contribution >= 4 is 0 Å². The van der Waals surface area contributed by atoms with Gasteiger partial charge in [0.2, 0.25) is 0 Å². The molecule has 1 aromatic heterocycles. The second-order valence-electron chi connectivity index (χ2n) is 4.18. The molecule has 72 valence electrons. The van der Waals surface area contributed by atoms with Crippen molar-refractivity contribution in [3.05, 3.63) is 27.9 Å². The quantitative estimate of drug-likeness (QED) is 0.714. The zero-order valence-corrected chi connectivity index (χ0v) is 8.64. The van der Waals surface area contributed by atoms with E-state index in [1.165, 1.54) is 0 Å². The van der Waals surface area contributed by atoms with E-state index < -0.39 is 0 Å². The second kappa shape index (κ2) is 3.32. The SMILES string of the molecule is CCc1ncc(C(C)(C)C)c(=O)[nH]1. The minimum Gasteiger partial charge on any atom is -0.310 e. The molecule has 0 radical (unpaired) electrons. The Balaban J connectivity index is 3.21. The first-order chi connectivity index (χ1) is 5.95. The van der Waals surface area contributed by atoms with Crippen LogP contribution < -0.4 is 5.56 Å². The van der Waals surface area contributed by atoms with E-state index in [0.717, 1.165) is 17.8 Å². The Morgan fingerprint density at radius 3 is 2.46 bits per heavy atom. The molecule has 1 heterocycles. The maximum Gasteiger partial charge on any atom is 0.254 e. The lowest BCUT2D eigenvalue weighted by Gasteiger charge is -2.16. The smallest absolute Gasteiger partial charge is 0.254 e. The van der Waals surface area contributed by atoms with Gasteiger partial charge in [0.05, 0.1) is 0 Å². The molecule has 0 spiro atoms. The summed E-state index contributed by atoms with van der Waals surface area (Å²) in [5.41, 5.74) is 0.594. The van der Waals surface area contributed by atoms with Crippen molar-refractivity contribution in [2.24, 2.45) is 0 Å². The van der Waals surface area contributed by atoms with Crippen LogP contribution in [0, 0.1) is 0 Å². The minimum atomic E-state index is -0.132. The van der Waals surface area contributed by atoms with Gasteiger partial charge in [0.25, 0.3) is 5.56 Å². The van der Waals surface area contributed by atoms with Gasteiger partial charge in [0, 0.05) is 18.2 Å². The standard InChI is InChI=1S/C10H16N2O/c1-5-8-11-6-7(9(13)12-8)10(2,3)4/h6H,5H2,1-4H3,(H,11,12,13). The number of rotatable bonds is 1. The van der Waals surface area contributed by atoms with Crippen molar-refractivity contribution < 1.29 is 0 Å². The van der Waals surface area contributed by atoms with E-state index >= 15 is 0 Å². The number of nitrogens with one attached hydrogen (secondary N) is 1. The Hall–Kier alpha value is -1.12. The van der Waals surface area contributed by atoms with Crippen LogP contribution in [0.4, 0.5) is 0 Å². The molecule has 1 rings (SSSR count). The average molecular weight is 180 g/mol. The monoisotopic (exact) mass is 180 g/mol. The van der Waals surface area contributed by atoms with Crippen LogP contribution in [-0.4, -0.2) is 9.97 Å². The molecule has 1 N–H and O–H groups in total. The number of aryl methyl sites for hydroxylation is 1. The first kappa shape index (κ1) is 9.96. The molecule has 0 saturated heterocycles. The summed E-state index contributed by atoms with van der Waals surface area (Å²) in [6.45, 7) is 7.98. The second-order valence-corrected chi connectivity index (χ2v) is 4.18. The summed E-state index contributed by atoms with van der Waals surface area (Å²) in [4.78, 5) is 18.5. The summed E-state index contributed by atoms with van der Waals surface area (Å²) in [5.74, 6) is 0.748. The molecular weight excluding hydrogens is 164 g/mol. The first-order valence-electron chi connectivity index (χ1n) is 4.54. The van der Waals surface area contributed by atoms with Crippen molar-refractivity contribution in [1.82, 2.24) is 9.97 Å². The molecule has 0 aliphatic rings. The molecule has 0 atom stereocenters. The lowest BCUT2D eigenvalue weighted by atomic mass is 9.89. The lowest BCUT2D eigenvalue weighted by molar-refractivity contribution is 0.575. The highest BCUT2D eigenvalue weighted by Gasteiger charge is 2.17. The van der Waals surface area contributed by atoms with Gasteiger partial charge in [0.1, 0.15) is 5.82 Å². The van der Waals surface area contributed by atoms with E-state index in [4.69, 9.17) is 0 Å². The van der Waals surface area contributed by atoms with Gasteiger partial charge in [0.15, 0.2) is 0 Å². The fourth-order valence-electron chi connectivity index (χ4n) is 1.15. The van der Waals surface area contributed by atoms with Crippen LogP contribution >= 0.6 is 0 Å². The number of aromatic amines is 1. The molecule has 3 heteroatoms. The van der Waals surface area contributed by atoms with Crippen LogP contribution in [0.2, 0.25) is 0 Å². The van der Waals surface area contributed by atoms with E-state index in [-0.39, 0.29) is 11.0 Å². The third-order valence-electron chi connectivity index (χ3n) is 1.99. The van der Waals surface area contributed by atoms with Crippen molar-refractivity contribution in [2.75, 3.05) is 0 Å². The van der Waals surface area contributed by atoms with Gasteiger partial charge in [-0.2, -0.15) is 0 Å². The molecular formula is C10H16N2O. The zero-order valence-electron chi connectivity index (χ0n) is 8.64.